The van der Waals surface area contributed by atoms with Crippen molar-refractivity contribution in [3.63, 3.8) is 0 Å². The van der Waals surface area contributed by atoms with Crippen molar-refractivity contribution >= 4 is 17.2 Å². The minimum atomic E-state index is -0.0665. The number of nitrogens with one attached hydrogen (secondary N) is 1. The summed E-state index contributed by atoms with van der Waals surface area (Å²) in [6, 6.07) is 9.52. The van der Waals surface area contributed by atoms with Crippen LogP contribution in [0.15, 0.2) is 41.1 Å². The molecule has 0 bridgehead atoms. The van der Waals surface area contributed by atoms with Crippen LogP contribution in [0.25, 0.3) is 0 Å². The van der Waals surface area contributed by atoms with Crippen molar-refractivity contribution in [1.82, 2.24) is 10.2 Å². The number of nitrogens with zero attached hydrogens (tertiary/aromatic N) is 1. The SMILES string of the molecule is CC(C)Oc1ccc(C(=O)NCC(c2ccsc2)N(C)C)cc1. The highest BCUT2D eigenvalue weighted by Gasteiger charge is 2.16. The van der Waals surface area contributed by atoms with Gasteiger partial charge in [0.15, 0.2) is 0 Å². The second-order valence-electron chi connectivity index (χ2n) is 5.94. The Kier molecular flexibility index (Phi) is 6.19. The van der Waals surface area contributed by atoms with Gasteiger partial charge in [0.2, 0.25) is 0 Å². The zero-order valence-electron chi connectivity index (χ0n) is 14.1. The van der Waals surface area contributed by atoms with Crippen molar-refractivity contribution in [3.05, 3.63) is 52.2 Å². The molecule has 1 aromatic carbocycles. The van der Waals surface area contributed by atoms with Gasteiger partial charge in [-0.15, -0.1) is 0 Å². The number of thiophene rings is 1. The predicted molar refractivity (Wildman–Crippen MR) is 95.3 cm³/mol. The molecule has 2 rings (SSSR count). The van der Waals surface area contributed by atoms with E-state index in [9.17, 15) is 4.79 Å². The monoisotopic (exact) mass is 332 g/mol. The van der Waals surface area contributed by atoms with Crippen LogP contribution in [0, 0.1) is 0 Å². The van der Waals surface area contributed by atoms with Gasteiger partial charge in [-0.1, -0.05) is 0 Å². The number of likely N-dealkylation sites (N-methyl/N-ethyl adjacent to an activating group) is 1. The van der Waals surface area contributed by atoms with Crippen LogP contribution in [0.1, 0.15) is 35.8 Å². The largest absolute Gasteiger partial charge is 0.491 e. The molecule has 0 radical (unpaired) electrons. The predicted octanol–water partition coefficient (Wildman–Crippen LogP) is 3.57. The highest BCUT2D eigenvalue weighted by molar-refractivity contribution is 7.07. The Balaban J connectivity index is 1.95. The molecule has 23 heavy (non-hydrogen) atoms. The van der Waals surface area contributed by atoms with Gasteiger partial charge >= 0.3 is 0 Å². The van der Waals surface area contributed by atoms with E-state index in [-0.39, 0.29) is 18.1 Å². The minimum Gasteiger partial charge on any atom is -0.491 e. The molecule has 1 unspecified atom stereocenters. The van der Waals surface area contributed by atoms with E-state index in [2.05, 4.69) is 27.0 Å². The first-order valence-electron chi connectivity index (χ1n) is 7.71. The van der Waals surface area contributed by atoms with Crippen molar-refractivity contribution < 1.29 is 9.53 Å². The lowest BCUT2D eigenvalue weighted by Gasteiger charge is -2.24. The zero-order chi connectivity index (χ0) is 16.8. The summed E-state index contributed by atoms with van der Waals surface area (Å²) in [5, 5.41) is 7.19. The quantitative estimate of drug-likeness (QED) is 0.843. The maximum absolute atomic E-state index is 12.3. The maximum Gasteiger partial charge on any atom is 0.251 e. The van der Waals surface area contributed by atoms with E-state index in [0.717, 1.165) is 5.75 Å². The van der Waals surface area contributed by atoms with E-state index in [1.165, 1.54) is 5.56 Å². The molecule has 1 aromatic heterocycles. The van der Waals surface area contributed by atoms with Crippen molar-refractivity contribution in [1.29, 1.82) is 0 Å². The Morgan fingerprint density at radius 3 is 2.43 bits per heavy atom. The smallest absolute Gasteiger partial charge is 0.251 e. The molecule has 1 heterocycles. The molecule has 0 saturated carbocycles. The van der Waals surface area contributed by atoms with Gasteiger partial charge in [-0.25, -0.2) is 0 Å². The first-order valence-corrected chi connectivity index (χ1v) is 8.65. The molecule has 0 fully saturated rings. The highest BCUT2D eigenvalue weighted by atomic mass is 32.1. The summed E-state index contributed by atoms with van der Waals surface area (Å²) in [5.41, 5.74) is 1.87. The Hall–Kier alpha value is -1.85. The van der Waals surface area contributed by atoms with E-state index < -0.39 is 0 Å². The third-order valence-corrected chi connectivity index (χ3v) is 4.20. The summed E-state index contributed by atoms with van der Waals surface area (Å²) in [6.45, 7) is 4.53. The van der Waals surface area contributed by atoms with Gasteiger partial charge in [-0.3, -0.25) is 4.79 Å². The van der Waals surface area contributed by atoms with Crippen LogP contribution in [0.2, 0.25) is 0 Å². The second-order valence-corrected chi connectivity index (χ2v) is 6.72. The lowest BCUT2D eigenvalue weighted by atomic mass is 10.1. The molecule has 4 nitrogen and oxygen atoms in total. The number of hydrogen-bond donors (Lipinski definition) is 1. The number of carbonyl (C=O) groups is 1. The molecule has 124 valence electrons. The van der Waals surface area contributed by atoms with Gasteiger partial charge in [-0.05, 0) is 74.6 Å². The third-order valence-electron chi connectivity index (χ3n) is 3.50. The summed E-state index contributed by atoms with van der Waals surface area (Å²) in [4.78, 5) is 14.4. The van der Waals surface area contributed by atoms with Crippen molar-refractivity contribution in [3.8, 4) is 5.75 Å². The third kappa shape index (κ3) is 5.08. The number of ether oxygens (including phenoxy) is 1. The number of benzene rings is 1. The molecule has 0 spiro atoms. The standard InChI is InChI=1S/C18H24N2O2S/c1-13(2)22-16-7-5-14(6-8-16)18(21)19-11-17(20(3)4)15-9-10-23-12-15/h5-10,12-13,17H,11H2,1-4H3,(H,19,21). The molecule has 1 amide bonds. The van der Waals surface area contributed by atoms with E-state index in [0.29, 0.717) is 12.1 Å². The average Bonchev–Trinajstić information content (AvgIpc) is 3.01. The molecule has 0 aliphatic carbocycles. The molecule has 2 aromatic rings. The Bertz CT molecular complexity index is 606. The van der Waals surface area contributed by atoms with Crippen LogP contribution in [-0.2, 0) is 0 Å². The second kappa shape index (κ2) is 8.13. The van der Waals surface area contributed by atoms with Crippen LogP contribution < -0.4 is 10.1 Å². The van der Waals surface area contributed by atoms with E-state index in [1.54, 1.807) is 23.5 Å². The topological polar surface area (TPSA) is 41.6 Å². The average molecular weight is 332 g/mol. The van der Waals surface area contributed by atoms with Gasteiger partial charge < -0.3 is 15.0 Å². The number of hydrogen-bond acceptors (Lipinski definition) is 4. The van der Waals surface area contributed by atoms with Gasteiger partial charge in [0.25, 0.3) is 5.91 Å². The summed E-state index contributed by atoms with van der Waals surface area (Å²) >= 11 is 1.67. The van der Waals surface area contributed by atoms with Crippen molar-refractivity contribution in [2.24, 2.45) is 0 Å². The van der Waals surface area contributed by atoms with Crippen LogP contribution in [0.5, 0.6) is 5.75 Å². The molecule has 0 aliphatic heterocycles. The Labute approximate surface area is 142 Å². The van der Waals surface area contributed by atoms with Crippen molar-refractivity contribution in [2.45, 2.75) is 26.0 Å². The maximum atomic E-state index is 12.3. The van der Waals surface area contributed by atoms with E-state index in [1.807, 2.05) is 40.1 Å². The van der Waals surface area contributed by atoms with Gasteiger partial charge in [0, 0.05) is 12.1 Å². The summed E-state index contributed by atoms with van der Waals surface area (Å²) in [6.07, 6.45) is 0.126. The Morgan fingerprint density at radius 2 is 1.91 bits per heavy atom. The fourth-order valence-corrected chi connectivity index (χ4v) is 3.02. The van der Waals surface area contributed by atoms with E-state index in [4.69, 9.17) is 4.74 Å². The van der Waals surface area contributed by atoms with Crippen LogP contribution in [-0.4, -0.2) is 37.6 Å². The highest BCUT2D eigenvalue weighted by Crippen LogP contribution is 2.20. The molecule has 1 N–H and O–H groups in total. The summed E-state index contributed by atoms with van der Waals surface area (Å²) in [7, 11) is 4.04. The fraction of sp³-hybridized carbons (Fsp3) is 0.389. The fourth-order valence-electron chi connectivity index (χ4n) is 2.31. The van der Waals surface area contributed by atoms with Gasteiger partial charge in [0.05, 0.1) is 12.1 Å². The van der Waals surface area contributed by atoms with Gasteiger partial charge in [0.1, 0.15) is 5.75 Å². The molecule has 1 atom stereocenters. The molecule has 0 aliphatic rings. The normalized spacial score (nSPS) is 12.4. The lowest BCUT2D eigenvalue weighted by Crippen LogP contribution is -2.34. The van der Waals surface area contributed by atoms with Crippen LogP contribution >= 0.6 is 11.3 Å². The van der Waals surface area contributed by atoms with Gasteiger partial charge in [-0.2, -0.15) is 11.3 Å². The summed E-state index contributed by atoms with van der Waals surface area (Å²) < 4.78 is 5.59. The van der Waals surface area contributed by atoms with Crippen LogP contribution in [0.4, 0.5) is 0 Å². The molecule has 0 saturated heterocycles. The minimum absolute atomic E-state index is 0.0665. The summed E-state index contributed by atoms with van der Waals surface area (Å²) in [5.74, 6) is 0.712. The molecular weight excluding hydrogens is 308 g/mol. The first-order chi connectivity index (χ1) is 11.0. The Morgan fingerprint density at radius 1 is 1.22 bits per heavy atom. The number of rotatable bonds is 7. The van der Waals surface area contributed by atoms with E-state index >= 15 is 0 Å². The lowest BCUT2D eigenvalue weighted by molar-refractivity contribution is 0.0942. The number of carbonyl (C=O) groups excluding carboxylic acids is 1. The first kappa shape index (κ1) is 17.5. The van der Waals surface area contributed by atoms with Crippen molar-refractivity contribution in [2.75, 3.05) is 20.6 Å². The molecule has 5 heteroatoms. The number of amides is 1. The zero-order valence-corrected chi connectivity index (χ0v) is 14.9. The van der Waals surface area contributed by atoms with Crippen LogP contribution in [0.3, 0.4) is 0 Å². The molecular formula is C18H24N2O2S.